The second-order valence-electron chi connectivity index (χ2n) is 2.81. The summed E-state index contributed by atoms with van der Waals surface area (Å²) in [6.45, 7) is 1.99. The molecule has 2 N–H and O–H groups in total. The maximum atomic E-state index is 5.72. The van der Waals surface area contributed by atoms with Gasteiger partial charge >= 0.3 is 0 Å². The van der Waals surface area contributed by atoms with Gasteiger partial charge in [-0.25, -0.2) is 0 Å². The van der Waals surface area contributed by atoms with Gasteiger partial charge in [-0.3, -0.25) is 0 Å². The van der Waals surface area contributed by atoms with E-state index in [-0.39, 0.29) is 13.5 Å². The standard InChI is InChI=1S/C9H12ClN.CH4/c1-7(11)6-8-2-4-9(10)5-3-8;/h2-5,7H,6,11H2,1H3;1H4. The van der Waals surface area contributed by atoms with Gasteiger partial charge in [0.25, 0.3) is 0 Å². The average molecular weight is 186 g/mol. The largest absolute Gasteiger partial charge is 0.328 e. The molecule has 1 aromatic carbocycles. The molecule has 0 aliphatic carbocycles. The fraction of sp³-hybridized carbons (Fsp3) is 0.400. The summed E-state index contributed by atoms with van der Waals surface area (Å²) in [6.07, 6.45) is 0.914. The Hall–Kier alpha value is -0.530. The van der Waals surface area contributed by atoms with Gasteiger partial charge < -0.3 is 5.73 Å². The molecule has 0 amide bonds. The Kier molecular flexibility index (Phi) is 4.95. The zero-order chi connectivity index (χ0) is 8.27. The third-order valence-corrected chi connectivity index (χ3v) is 1.72. The highest BCUT2D eigenvalue weighted by Gasteiger charge is 1.96. The number of nitrogens with two attached hydrogens (primary N) is 1. The topological polar surface area (TPSA) is 26.0 Å². The van der Waals surface area contributed by atoms with Gasteiger partial charge in [0.2, 0.25) is 0 Å². The van der Waals surface area contributed by atoms with Crippen LogP contribution in [-0.4, -0.2) is 6.04 Å². The Balaban J connectivity index is 0.00000121. The summed E-state index contributed by atoms with van der Waals surface area (Å²) in [6, 6.07) is 8.01. The summed E-state index contributed by atoms with van der Waals surface area (Å²) in [5, 5.41) is 0.776. The molecule has 0 spiro atoms. The average Bonchev–Trinajstić information content (AvgIpc) is 1.93. The Morgan fingerprint density at radius 3 is 2.25 bits per heavy atom. The summed E-state index contributed by atoms with van der Waals surface area (Å²) < 4.78 is 0. The molecule has 0 bridgehead atoms. The van der Waals surface area contributed by atoms with Crippen molar-refractivity contribution in [3.05, 3.63) is 34.9 Å². The van der Waals surface area contributed by atoms with E-state index in [1.807, 2.05) is 31.2 Å². The molecule has 1 unspecified atom stereocenters. The second kappa shape index (κ2) is 5.18. The van der Waals surface area contributed by atoms with E-state index in [0.29, 0.717) is 0 Å². The van der Waals surface area contributed by atoms with Crippen LogP contribution in [0.2, 0.25) is 5.02 Å². The van der Waals surface area contributed by atoms with E-state index in [9.17, 15) is 0 Å². The molecule has 0 saturated carbocycles. The van der Waals surface area contributed by atoms with Crippen LogP contribution in [0, 0.1) is 0 Å². The first-order valence-electron chi connectivity index (χ1n) is 3.68. The minimum absolute atomic E-state index is 0. The van der Waals surface area contributed by atoms with Crippen LogP contribution in [0.5, 0.6) is 0 Å². The highest BCUT2D eigenvalue weighted by atomic mass is 35.5. The normalized spacial score (nSPS) is 11.9. The van der Waals surface area contributed by atoms with Crippen LogP contribution in [0.15, 0.2) is 24.3 Å². The molecular formula is C10H16ClN. The molecule has 0 aromatic heterocycles. The van der Waals surface area contributed by atoms with E-state index in [2.05, 4.69) is 0 Å². The van der Waals surface area contributed by atoms with Gasteiger partial charge in [-0.15, -0.1) is 0 Å². The first-order valence-corrected chi connectivity index (χ1v) is 4.06. The molecule has 1 rings (SSSR count). The minimum atomic E-state index is 0. The van der Waals surface area contributed by atoms with Crippen LogP contribution in [-0.2, 0) is 6.42 Å². The lowest BCUT2D eigenvalue weighted by atomic mass is 10.1. The first-order chi connectivity index (χ1) is 5.18. The number of hydrogen-bond donors (Lipinski definition) is 1. The Labute approximate surface area is 79.5 Å². The smallest absolute Gasteiger partial charge is 0.0406 e. The molecule has 1 atom stereocenters. The van der Waals surface area contributed by atoms with Crippen LogP contribution in [0.25, 0.3) is 0 Å². The van der Waals surface area contributed by atoms with Crippen molar-refractivity contribution in [2.45, 2.75) is 26.8 Å². The van der Waals surface area contributed by atoms with Gasteiger partial charge in [-0.2, -0.15) is 0 Å². The highest BCUT2D eigenvalue weighted by Crippen LogP contribution is 2.10. The van der Waals surface area contributed by atoms with Gasteiger partial charge in [0, 0.05) is 11.1 Å². The molecule has 0 heterocycles. The summed E-state index contributed by atoms with van der Waals surface area (Å²) >= 11 is 5.72. The van der Waals surface area contributed by atoms with Crippen molar-refractivity contribution < 1.29 is 0 Å². The predicted molar refractivity (Wildman–Crippen MR) is 55.5 cm³/mol. The lowest BCUT2D eigenvalue weighted by Crippen LogP contribution is -2.17. The summed E-state index contributed by atoms with van der Waals surface area (Å²) in [5.74, 6) is 0. The maximum Gasteiger partial charge on any atom is 0.0406 e. The summed E-state index contributed by atoms with van der Waals surface area (Å²) in [5.41, 5.74) is 6.87. The van der Waals surface area contributed by atoms with E-state index >= 15 is 0 Å². The number of rotatable bonds is 2. The molecule has 1 nitrogen and oxygen atoms in total. The molecule has 68 valence electrons. The Morgan fingerprint density at radius 1 is 1.33 bits per heavy atom. The second-order valence-corrected chi connectivity index (χ2v) is 3.24. The van der Waals surface area contributed by atoms with Crippen LogP contribution < -0.4 is 5.73 Å². The van der Waals surface area contributed by atoms with E-state index in [0.717, 1.165) is 11.4 Å². The zero-order valence-corrected chi connectivity index (χ0v) is 7.31. The third-order valence-electron chi connectivity index (χ3n) is 1.47. The van der Waals surface area contributed by atoms with Crippen molar-refractivity contribution in [1.82, 2.24) is 0 Å². The van der Waals surface area contributed by atoms with Crippen molar-refractivity contribution in [2.24, 2.45) is 5.73 Å². The van der Waals surface area contributed by atoms with E-state index in [1.54, 1.807) is 0 Å². The molecule has 12 heavy (non-hydrogen) atoms. The quantitative estimate of drug-likeness (QED) is 0.754. The van der Waals surface area contributed by atoms with Crippen molar-refractivity contribution >= 4 is 11.6 Å². The van der Waals surface area contributed by atoms with Crippen LogP contribution in [0.1, 0.15) is 19.9 Å². The van der Waals surface area contributed by atoms with Crippen LogP contribution in [0.4, 0.5) is 0 Å². The molecule has 0 radical (unpaired) electrons. The molecule has 1 aromatic rings. The fourth-order valence-corrected chi connectivity index (χ4v) is 1.12. The number of hydrogen-bond acceptors (Lipinski definition) is 1. The van der Waals surface area contributed by atoms with Gasteiger partial charge in [-0.05, 0) is 31.0 Å². The zero-order valence-electron chi connectivity index (χ0n) is 6.55. The number of benzene rings is 1. The van der Waals surface area contributed by atoms with Crippen molar-refractivity contribution in [1.29, 1.82) is 0 Å². The molecule has 0 saturated heterocycles. The first kappa shape index (κ1) is 11.5. The predicted octanol–water partition coefficient (Wildman–Crippen LogP) is 2.87. The lowest BCUT2D eigenvalue weighted by molar-refractivity contribution is 0.738. The lowest BCUT2D eigenvalue weighted by Gasteiger charge is -2.03. The van der Waals surface area contributed by atoms with Gasteiger partial charge in [0.05, 0.1) is 0 Å². The van der Waals surface area contributed by atoms with Crippen molar-refractivity contribution in [3.63, 3.8) is 0 Å². The Morgan fingerprint density at radius 2 is 1.83 bits per heavy atom. The summed E-state index contributed by atoms with van der Waals surface area (Å²) in [7, 11) is 0. The monoisotopic (exact) mass is 185 g/mol. The van der Waals surface area contributed by atoms with E-state index in [4.69, 9.17) is 17.3 Å². The van der Waals surface area contributed by atoms with Crippen molar-refractivity contribution in [3.8, 4) is 0 Å². The fourth-order valence-electron chi connectivity index (χ4n) is 0.992. The third kappa shape index (κ3) is 3.74. The minimum Gasteiger partial charge on any atom is -0.328 e. The summed E-state index contributed by atoms with van der Waals surface area (Å²) in [4.78, 5) is 0. The van der Waals surface area contributed by atoms with Gasteiger partial charge in [0.1, 0.15) is 0 Å². The van der Waals surface area contributed by atoms with Crippen LogP contribution in [0.3, 0.4) is 0 Å². The van der Waals surface area contributed by atoms with E-state index in [1.165, 1.54) is 5.56 Å². The van der Waals surface area contributed by atoms with Crippen LogP contribution >= 0.6 is 11.6 Å². The van der Waals surface area contributed by atoms with Gasteiger partial charge in [-0.1, -0.05) is 31.2 Å². The Bertz CT molecular complexity index is 216. The molecule has 0 aliphatic heterocycles. The molecule has 0 aliphatic rings. The molecule has 0 fully saturated rings. The molecular weight excluding hydrogens is 170 g/mol. The van der Waals surface area contributed by atoms with Crippen molar-refractivity contribution in [2.75, 3.05) is 0 Å². The number of halogens is 1. The van der Waals surface area contributed by atoms with E-state index < -0.39 is 0 Å². The SMILES string of the molecule is C.CC(N)Cc1ccc(Cl)cc1. The molecule has 2 heteroatoms. The highest BCUT2D eigenvalue weighted by molar-refractivity contribution is 6.30. The van der Waals surface area contributed by atoms with Gasteiger partial charge in [0.15, 0.2) is 0 Å². The maximum absolute atomic E-state index is 5.72.